The van der Waals surface area contributed by atoms with Crippen LogP contribution in [0.2, 0.25) is 10.0 Å². The standard InChI is InChI=1S/C25H27N5O.C22H21ClN4O.C22H22N4O2.C21H19ClN4O/c1-16-14-21-22(15-20(16)28-19-11-12-19)30(13-7-6-10-18-8-4-3-5-9-18)24-23(29-21)25(31)27-17(2)26-24;1-14-12-18-19(13-17(14)23)27(11-7-6-10-16-8-4-3-5-9-16)21-20(26-18)22(28)25-15(2)24-21;1-14-12-17-18(13-19(14)28-3)26(11-7-10-16-8-5-4-6-9-16)21-20(25-17)22(27)24-15(2)23-21;1-13-11-17-18(12-16(13)22)26(10-6-9-15-7-4-3-5-8-15)20-19(25-17)21(27)24-14(2)23-20/h3-5,8-9,14-15,19,28H,2,6-7,10-13H2,1H3,(H,27,31);3-5,8-9,12-13H,2,6-7,10-11H2,1H3,(H,25,28);4-6,8-9,12-13H,2,7,10-11H2,1,3H3,(H,24,27);3-5,7-8,11-12H,2,6,9-10H2,1H3,(H,24,27). The number of methoxy groups -OCH3 is 1. The van der Waals surface area contributed by atoms with Crippen LogP contribution in [0.15, 0.2) is 209 Å². The smallest absolute Gasteiger partial charge is 0.279 e. The second-order valence-electron chi connectivity index (χ2n) is 28.9. The zero-order chi connectivity index (χ0) is 79.7. The molecule has 578 valence electrons. The number of benzene rings is 8. The molecule has 0 bridgehead atoms. The van der Waals surface area contributed by atoms with Gasteiger partial charge >= 0.3 is 0 Å². The highest BCUT2D eigenvalue weighted by atomic mass is 35.5. The summed E-state index contributed by atoms with van der Waals surface area (Å²) < 4.78 is 5.50. The van der Waals surface area contributed by atoms with E-state index in [9.17, 15) is 19.2 Å². The summed E-state index contributed by atoms with van der Waals surface area (Å²) in [6, 6.07) is 58.0. The number of aryl methyl sites for hydroxylation is 8. The Labute approximate surface area is 668 Å². The van der Waals surface area contributed by atoms with Crippen molar-refractivity contribution in [1.82, 2.24) is 39.9 Å². The van der Waals surface area contributed by atoms with Crippen molar-refractivity contribution in [2.45, 2.75) is 111 Å². The largest absolute Gasteiger partial charge is 0.496 e. The minimum Gasteiger partial charge on any atom is -0.496 e. The topological polar surface area (TPSA) is 267 Å². The van der Waals surface area contributed by atoms with Crippen LogP contribution in [0.25, 0.3) is 26.3 Å². The zero-order valence-electron chi connectivity index (χ0n) is 64.5. The van der Waals surface area contributed by atoms with E-state index in [1.807, 2.05) is 120 Å². The molecule has 8 aromatic carbocycles. The summed E-state index contributed by atoms with van der Waals surface area (Å²) in [5.74, 6) is 3.00. The molecule has 1 fully saturated rings. The highest BCUT2D eigenvalue weighted by molar-refractivity contribution is 6.32. The summed E-state index contributed by atoms with van der Waals surface area (Å²) >= 11 is 12.7. The van der Waals surface area contributed by atoms with Crippen LogP contribution in [-0.4, -0.2) is 79.2 Å². The Morgan fingerprint density at radius 2 is 0.675 bits per heavy atom. The Balaban J connectivity index is 0.000000126. The molecular weight excluding hydrogens is 1470 g/mol. The molecule has 12 aromatic rings. The molecule has 5 aliphatic rings. The molecule has 8 heterocycles. The van der Waals surface area contributed by atoms with E-state index < -0.39 is 0 Å². The summed E-state index contributed by atoms with van der Waals surface area (Å²) in [5, 5.41) is 6.29. The first kappa shape index (κ1) is 78.0. The van der Waals surface area contributed by atoms with Crippen molar-refractivity contribution < 1.29 is 4.74 Å². The average molecular weight is 1560 g/mol. The number of aromatic amines is 4. The van der Waals surface area contributed by atoms with Gasteiger partial charge in [-0.2, -0.15) is 0 Å². The first-order valence-electron chi connectivity index (χ1n) is 38.4. The molecule has 5 N–H and O–H groups in total. The number of fused-ring (bicyclic) bond motifs is 8. The van der Waals surface area contributed by atoms with Gasteiger partial charge < -0.3 is 49.6 Å². The highest BCUT2D eigenvalue weighted by Gasteiger charge is 2.30. The van der Waals surface area contributed by atoms with E-state index in [1.54, 1.807) is 7.11 Å². The molecule has 1 aliphatic carbocycles. The SMILES string of the molecule is C=c1nc2c(c(=O)[nH]1)=Nc1cc(C)c(Cl)cc1N2CCCCc1ccccc1.C=c1nc2c(c(=O)[nH]1)=Nc1cc(C)c(Cl)cc1N2CCCc1ccccc1.C=c1nc2c(c(=O)[nH]1)=Nc1cc(C)c(NC3CC3)cc1N2CCCCc1ccccc1.C=c1nc2c(c(=O)[nH]1)=Nc1cc(C)c(OC)cc1N2CCCc1ccccc1. The van der Waals surface area contributed by atoms with Crippen LogP contribution in [0.5, 0.6) is 5.75 Å². The van der Waals surface area contributed by atoms with Gasteiger partial charge in [-0.15, -0.1) is 0 Å². The maximum absolute atomic E-state index is 12.6. The third-order valence-corrected chi connectivity index (χ3v) is 21.2. The molecule has 0 spiro atoms. The van der Waals surface area contributed by atoms with Crippen molar-refractivity contribution in [3.8, 4) is 5.75 Å². The fraction of sp³-hybridized carbons (Fsp3) is 0.244. The van der Waals surface area contributed by atoms with Crippen molar-refractivity contribution in [3.05, 3.63) is 309 Å². The number of ether oxygens (including phenoxy) is 1. The van der Waals surface area contributed by atoms with Gasteiger partial charge in [0.25, 0.3) is 22.2 Å². The van der Waals surface area contributed by atoms with Gasteiger partial charge in [0.05, 0.1) is 52.6 Å². The first-order valence-corrected chi connectivity index (χ1v) is 39.1. The third kappa shape index (κ3) is 18.1. The number of nitrogens with zero attached hydrogens (tertiary/aromatic N) is 12. The molecule has 1 saturated carbocycles. The van der Waals surface area contributed by atoms with Gasteiger partial charge in [0.2, 0.25) is 0 Å². The van der Waals surface area contributed by atoms with E-state index in [4.69, 9.17) is 27.9 Å². The van der Waals surface area contributed by atoms with E-state index in [1.165, 1.54) is 35.1 Å². The van der Waals surface area contributed by atoms with Gasteiger partial charge in [-0.25, -0.2) is 39.9 Å². The molecule has 24 heteroatoms. The normalized spacial score (nSPS) is 12.9. The molecule has 0 amide bonds. The number of hydrogen-bond acceptors (Lipinski definition) is 18. The molecule has 4 aliphatic heterocycles. The molecule has 0 radical (unpaired) electrons. The fourth-order valence-electron chi connectivity index (χ4n) is 14.4. The number of rotatable bonds is 21. The molecule has 0 saturated heterocycles. The number of unbranched alkanes of at least 4 members (excludes halogenated alkanes) is 2. The Kier molecular flexibility index (Phi) is 23.9. The summed E-state index contributed by atoms with van der Waals surface area (Å²) in [7, 11) is 1.65. The number of aromatic nitrogens is 8. The van der Waals surface area contributed by atoms with Gasteiger partial charge in [0.1, 0.15) is 27.7 Å². The van der Waals surface area contributed by atoms with Crippen LogP contribution in [0.3, 0.4) is 0 Å². The molecule has 17 rings (SSSR count). The predicted molar refractivity (Wildman–Crippen MR) is 458 cm³/mol. The molecule has 0 unspecified atom stereocenters. The summed E-state index contributed by atoms with van der Waals surface area (Å²) in [6.45, 7) is 26.0. The van der Waals surface area contributed by atoms with Crippen molar-refractivity contribution in [2.75, 3.05) is 58.2 Å². The van der Waals surface area contributed by atoms with Gasteiger partial charge in [0, 0.05) is 54.0 Å². The van der Waals surface area contributed by atoms with Crippen LogP contribution in [-0.2, 0) is 25.7 Å². The van der Waals surface area contributed by atoms with Crippen LogP contribution < -0.4 is 95.2 Å². The highest BCUT2D eigenvalue weighted by Crippen LogP contribution is 2.44. The quantitative estimate of drug-likeness (QED) is 0.0419. The van der Waals surface area contributed by atoms with Crippen LogP contribution in [0.1, 0.15) is 95.9 Å². The summed E-state index contributed by atoms with van der Waals surface area (Å²) in [6.07, 6.45) is 12.2. The predicted octanol–water partition coefficient (Wildman–Crippen LogP) is 12.8. The number of hydrogen-bond donors (Lipinski definition) is 5. The average Bonchev–Trinajstić information content (AvgIpc) is 0.801. The molecule has 114 heavy (non-hydrogen) atoms. The van der Waals surface area contributed by atoms with E-state index in [2.05, 4.69) is 188 Å². The Morgan fingerprint density at radius 1 is 0.386 bits per heavy atom. The first-order chi connectivity index (χ1) is 55.2. The lowest BCUT2D eigenvalue weighted by atomic mass is 10.1. The van der Waals surface area contributed by atoms with E-state index in [0.717, 1.165) is 156 Å². The molecular formula is C90H89Cl2N17O5. The van der Waals surface area contributed by atoms with E-state index >= 15 is 0 Å². The summed E-state index contributed by atoms with van der Waals surface area (Å²) in [5.41, 5.74) is 17.2. The van der Waals surface area contributed by atoms with Gasteiger partial charge in [-0.05, 0) is 192 Å². The summed E-state index contributed by atoms with van der Waals surface area (Å²) in [4.78, 5) is 105. The lowest BCUT2D eigenvalue weighted by Gasteiger charge is -2.29. The zero-order valence-corrected chi connectivity index (χ0v) is 66.1. The van der Waals surface area contributed by atoms with Crippen LogP contribution in [0.4, 0.5) is 74.5 Å². The lowest BCUT2D eigenvalue weighted by Crippen LogP contribution is -2.42. The fourth-order valence-corrected chi connectivity index (χ4v) is 14.7. The van der Waals surface area contributed by atoms with Gasteiger partial charge in [-0.3, -0.25) is 19.2 Å². The molecule has 22 nitrogen and oxygen atoms in total. The number of anilines is 9. The number of nitrogens with one attached hydrogen (secondary N) is 5. The van der Waals surface area contributed by atoms with Gasteiger partial charge in [0.15, 0.2) is 44.7 Å². The third-order valence-electron chi connectivity index (χ3n) is 20.3. The van der Waals surface area contributed by atoms with Crippen molar-refractivity contribution in [3.63, 3.8) is 0 Å². The second-order valence-corrected chi connectivity index (χ2v) is 29.7. The van der Waals surface area contributed by atoms with E-state index in [0.29, 0.717) is 95.8 Å². The van der Waals surface area contributed by atoms with Crippen molar-refractivity contribution in [2.24, 2.45) is 20.0 Å². The second kappa shape index (κ2) is 34.9. The Morgan fingerprint density at radius 3 is 1.00 bits per heavy atom. The van der Waals surface area contributed by atoms with Crippen LogP contribution in [0, 0.1) is 27.7 Å². The Hall–Kier alpha value is -12.7. The van der Waals surface area contributed by atoms with Gasteiger partial charge in [-0.1, -0.05) is 171 Å². The number of halogens is 2. The Bertz CT molecular complexity index is 6370. The van der Waals surface area contributed by atoms with E-state index in [-0.39, 0.29) is 22.2 Å². The maximum Gasteiger partial charge on any atom is 0.279 e. The number of H-pyrrole nitrogens is 4. The molecule has 0 atom stereocenters. The lowest BCUT2D eigenvalue weighted by molar-refractivity contribution is 0.412. The maximum atomic E-state index is 12.6. The van der Waals surface area contributed by atoms with Crippen molar-refractivity contribution >= 4 is 124 Å². The minimum atomic E-state index is -0.281. The minimum absolute atomic E-state index is 0.243. The van der Waals surface area contributed by atoms with Crippen LogP contribution >= 0.6 is 23.2 Å². The molecule has 4 aromatic heterocycles. The monoisotopic (exact) mass is 1560 g/mol. The van der Waals surface area contributed by atoms with Crippen molar-refractivity contribution in [1.29, 1.82) is 0 Å².